The van der Waals surface area contributed by atoms with E-state index in [1.54, 1.807) is 24.3 Å². The van der Waals surface area contributed by atoms with Gasteiger partial charge in [0.05, 0.1) is 22.8 Å². The van der Waals surface area contributed by atoms with Crippen molar-refractivity contribution in [2.45, 2.75) is 16.6 Å². The predicted molar refractivity (Wildman–Crippen MR) is 64.5 cm³/mol. The van der Waals surface area contributed by atoms with Crippen LogP contribution in [0.15, 0.2) is 29.2 Å². The quantitative estimate of drug-likeness (QED) is 0.779. The van der Waals surface area contributed by atoms with E-state index in [4.69, 9.17) is 15.6 Å². The Bertz CT molecular complexity index is 422. The number of hydrogen-bond donors (Lipinski definition) is 2. The van der Waals surface area contributed by atoms with Crippen LogP contribution >= 0.6 is 0 Å². The van der Waals surface area contributed by atoms with Gasteiger partial charge >= 0.3 is 5.97 Å². The number of para-hydroxylation sites is 1. The summed E-state index contributed by atoms with van der Waals surface area (Å²) in [7, 11) is -0.214. The summed E-state index contributed by atoms with van der Waals surface area (Å²) in [6.07, 6.45) is 0.167. The van der Waals surface area contributed by atoms with Gasteiger partial charge in [-0.15, -0.1) is 0 Å². The van der Waals surface area contributed by atoms with Crippen molar-refractivity contribution in [2.24, 2.45) is 5.73 Å². The summed E-state index contributed by atoms with van der Waals surface area (Å²) < 4.78 is 17.2. The lowest BCUT2D eigenvalue weighted by molar-refractivity contribution is -0.136. The van der Waals surface area contributed by atoms with Crippen LogP contribution in [0.1, 0.15) is 6.42 Å². The lowest BCUT2D eigenvalue weighted by Crippen LogP contribution is -2.28. The van der Waals surface area contributed by atoms with E-state index in [0.29, 0.717) is 10.6 Å². The lowest BCUT2D eigenvalue weighted by atomic mass is 10.3. The van der Waals surface area contributed by atoms with Gasteiger partial charge in [-0.1, -0.05) is 12.1 Å². The van der Waals surface area contributed by atoms with Gasteiger partial charge in [0.25, 0.3) is 0 Å². The van der Waals surface area contributed by atoms with Crippen molar-refractivity contribution in [3.8, 4) is 5.75 Å². The van der Waals surface area contributed by atoms with E-state index < -0.39 is 22.0 Å². The highest BCUT2D eigenvalue weighted by Crippen LogP contribution is 2.24. The molecule has 1 aromatic rings. The zero-order valence-corrected chi connectivity index (χ0v) is 10.3. The summed E-state index contributed by atoms with van der Waals surface area (Å²) in [4.78, 5) is 11.4. The first-order valence-corrected chi connectivity index (χ1v) is 6.29. The maximum absolute atomic E-state index is 12.2. The molecule has 0 aromatic heterocycles. The third-order valence-electron chi connectivity index (χ3n) is 2.25. The summed E-state index contributed by atoms with van der Waals surface area (Å²) in [5.41, 5.74) is 5.32. The van der Waals surface area contributed by atoms with Gasteiger partial charge in [0.1, 0.15) is 11.0 Å². The number of aliphatic carboxylic acids is 1. The average molecular weight is 257 g/mol. The van der Waals surface area contributed by atoms with E-state index in [9.17, 15) is 9.00 Å². The second-order valence-corrected chi connectivity index (χ2v) is 4.96. The Morgan fingerprint density at radius 3 is 2.71 bits per heavy atom. The maximum Gasteiger partial charge on any atom is 0.319 e. The van der Waals surface area contributed by atoms with Crippen LogP contribution < -0.4 is 10.5 Å². The van der Waals surface area contributed by atoms with E-state index in [2.05, 4.69) is 0 Å². The number of benzene rings is 1. The van der Waals surface area contributed by atoms with Crippen LogP contribution in [-0.2, 0) is 15.6 Å². The first-order valence-electron chi connectivity index (χ1n) is 5.08. The third kappa shape index (κ3) is 3.28. The average Bonchev–Trinajstić information content (AvgIpc) is 2.34. The number of carboxylic acids is 1. The molecular weight excluding hydrogens is 242 g/mol. The fourth-order valence-electron chi connectivity index (χ4n) is 1.41. The molecule has 0 spiro atoms. The highest BCUT2D eigenvalue weighted by molar-refractivity contribution is 7.86. The Labute approximate surface area is 102 Å². The molecule has 0 aliphatic heterocycles. The second-order valence-electron chi connectivity index (χ2n) is 3.35. The minimum atomic E-state index is -1.67. The van der Waals surface area contributed by atoms with Crippen molar-refractivity contribution < 1.29 is 18.8 Å². The van der Waals surface area contributed by atoms with Crippen LogP contribution in [-0.4, -0.2) is 34.2 Å². The third-order valence-corrected chi connectivity index (χ3v) is 3.97. The molecular formula is C11H15NO4S. The van der Waals surface area contributed by atoms with E-state index in [1.807, 2.05) is 0 Å². The summed E-state index contributed by atoms with van der Waals surface area (Å²) >= 11 is 0. The molecule has 2 atom stereocenters. The standard InChI is InChI=1S/C11H15NO4S/c1-16-8-4-2-3-5-9(8)17(15)10(6-7-12)11(13)14/h2-5,10H,6-7,12H2,1H3,(H,13,14). The minimum Gasteiger partial charge on any atom is -0.495 e. The first kappa shape index (κ1) is 13.7. The lowest BCUT2D eigenvalue weighted by Gasteiger charge is -2.13. The van der Waals surface area contributed by atoms with Gasteiger partial charge in [0, 0.05) is 0 Å². The second kappa shape index (κ2) is 6.36. The van der Waals surface area contributed by atoms with Crippen molar-refractivity contribution in [2.75, 3.05) is 13.7 Å². The fraction of sp³-hybridized carbons (Fsp3) is 0.364. The van der Waals surface area contributed by atoms with Crippen LogP contribution in [0.25, 0.3) is 0 Å². The van der Waals surface area contributed by atoms with E-state index in [0.717, 1.165) is 0 Å². The van der Waals surface area contributed by atoms with E-state index in [1.165, 1.54) is 7.11 Å². The summed E-state index contributed by atoms with van der Waals surface area (Å²) in [5.74, 6) is -0.686. The molecule has 0 heterocycles. The molecule has 94 valence electrons. The number of carboxylic acid groups (broad SMARTS) is 1. The molecule has 1 aromatic carbocycles. The fourth-order valence-corrected chi connectivity index (χ4v) is 2.81. The van der Waals surface area contributed by atoms with Crippen molar-refractivity contribution in [3.63, 3.8) is 0 Å². The molecule has 17 heavy (non-hydrogen) atoms. The topological polar surface area (TPSA) is 89.6 Å². The van der Waals surface area contributed by atoms with Gasteiger partial charge in [-0.2, -0.15) is 0 Å². The smallest absolute Gasteiger partial charge is 0.319 e. The SMILES string of the molecule is COc1ccccc1S(=O)C(CCN)C(=O)O. The van der Waals surface area contributed by atoms with Crippen molar-refractivity contribution in [1.82, 2.24) is 0 Å². The molecule has 0 aliphatic rings. The van der Waals surface area contributed by atoms with Gasteiger partial charge in [-0.3, -0.25) is 9.00 Å². The van der Waals surface area contributed by atoms with Gasteiger partial charge in [0.2, 0.25) is 0 Å². The highest BCUT2D eigenvalue weighted by atomic mass is 32.2. The Kier molecular flexibility index (Phi) is 5.11. The molecule has 2 unspecified atom stereocenters. The molecule has 0 bridgehead atoms. The number of nitrogens with two attached hydrogens (primary N) is 1. The van der Waals surface area contributed by atoms with Crippen molar-refractivity contribution >= 4 is 16.8 Å². The van der Waals surface area contributed by atoms with Gasteiger partial charge in [-0.05, 0) is 25.1 Å². The summed E-state index contributed by atoms with van der Waals surface area (Å²) in [5, 5.41) is 8.01. The largest absolute Gasteiger partial charge is 0.495 e. The van der Waals surface area contributed by atoms with Crippen LogP contribution in [0, 0.1) is 0 Å². The molecule has 5 nitrogen and oxygen atoms in total. The molecule has 0 aliphatic carbocycles. The number of carbonyl (C=O) groups is 1. The molecule has 0 amide bonds. The highest BCUT2D eigenvalue weighted by Gasteiger charge is 2.26. The van der Waals surface area contributed by atoms with Gasteiger partial charge < -0.3 is 15.6 Å². The minimum absolute atomic E-state index is 0.167. The maximum atomic E-state index is 12.2. The van der Waals surface area contributed by atoms with Crippen molar-refractivity contribution in [3.05, 3.63) is 24.3 Å². The Hall–Kier alpha value is -1.40. The van der Waals surface area contributed by atoms with Crippen LogP contribution in [0.3, 0.4) is 0 Å². The Morgan fingerprint density at radius 2 is 2.18 bits per heavy atom. The van der Waals surface area contributed by atoms with Crippen LogP contribution in [0.4, 0.5) is 0 Å². The zero-order valence-electron chi connectivity index (χ0n) is 9.46. The molecule has 0 saturated carbocycles. The molecule has 3 N–H and O–H groups in total. The number of hydrogen-bond acceptors (Lipinski definition) is 4. The molecule has 0 fully saturated rings. The Balaban J connectivity index is 3.04. The molecule has 1 rings (SSSR count). The molecule has 0 radical (unpaired) electrons. The predicted octanol–water partition coefficient (Wildman–Crippen LogP) is 0.605. The van der Waals surface area contributed by atoms with Crippen LogP contribution in [0.2, 0.25) is 0 Å². The first-order chi connectivity index (χ1) is 8.11. The van der Waals surface area contributed by atoms with E-state index >= 15 is 0 Å². The monoisotopic (exact) mass is 257 g/mol. The van der Waals surface area contributed by atoms with Crippen LogP contribution in [0.5, 0.6) is 5.75 Å². The normalized spacial score (nSPS) is 14.0. The summed E-state index contributed by atoms with van der Waals surface area (Å²) in [6, 6.07) is 6.67. The summed E-state index contributed by atoms with van der Waals surface area (Å²) in [6.45, 7) is 0.178. The molecule has 0 saturated heterocycles. The van der Waals surface area contributed by atoms with Crippen molar-refractivity contribution in [1.29, 1.82) is 0 Å². The van der Waals surface area contributed by atoms with E-state index in [-0.39, 0.29) is 13.0 Å². The molecule has 6 heteroatoms. The Morgan fingerprint density at radius 1 is 1.53 bits per heavy atom. The van der Waals surface area contributed by atoms with Gasteiger partial charge in [0.15, 0.2) is 0 Å². The number of methoxy groups -OCH3 is 1. The number of rotatable bonds is 6. The zero-order chi connectivity index (χ0) is 12.8. The number of ether oxygens (including phenoxy) is 1. The van der Waals surface area contributed by atoms with Gasteiger partial charge in [-0.25, -0.2) is 0 Å².